The minimum Gasteiger partial charge on any atom is -0.316 e. The molecule has 0 aromatic rings. The number of nitrogens with one attached hydrogen (secondary N) is 1. The van der Waals surface area contributed by atoms with E-state index in [0.717, 1.165) is 32.4 Å². The predicted molar refractivity (Wildman–Crippen MR) is 79.7 cm³/mol. The Morgan fingerprint density at radius 3 is 2.28 bits per heavy atom. The Morgan fingerprint density at radius 1 is 1.22 bits per heavy atom. The molecule has 0 saturated heterocycles. The van der Waals surface area contributed by atoms with Crippen LogP contribution in [0.3, 0.4) is 0 Å². The molecule has 0 heterocycles. The maximum atomic E-state index is 11.5. The van der Waals surface area contributed by atoms with Crippen molar-refractivity contribution in [3.63, 3.8) is 0 Å². The molecular weight excluding hydrogens is 246 g/mol. The SMILES string of the molecule is CCCNCC(C)(CCCS(=O)(=O)CC)C(C)C. The standard InChI is InChI=1S/C14H31NO2S/c1-6-10-15-12-14(5,13(3)4)9-8-11-18(16,17)7-2/h13,15H,6-12H2,1-5H3. The van der Waals surface area contributed by atoms with Crippen LogP contribution in [0.5, 0.6) is 0 Å². The molecule has 0 spiro atoms. The van der Waals surface area contributed by atoms with Crippen molar-refractivity contribution in [2.24, 2.45) is 11.3 Å². The first-order valence-electron chi connectivity index (χ1n) is 7.18. The van der Waals surface area contributed by atoms with Crippen LogP contribution in [0.1, 0.15) is 53.9 Å². The molecule has 0 saturated carbocycles. The highest BCUT2D eigenvalue weighted by molar-refractivity contribution is 7.91. The second-order valence-corrected chi connectivity index (χ2v) is 8.30. The van der Waals surface area contributed by atoms with Crippen LogP contribution in [0.2, 0.25) is 0 Å². The van der Waals surface area contributed by atoms with Gasteiger partial charge in [-0.05, 0) is 37.1 Å². The summed E-state index contributed by atoms with van der Waals surface area (Å²) in [4.78, 5) is 0. The largest absolute Gasteiger partial charge is 0.316 e. The smallest absolute Gasteiger partial charge is 0.150 e. The Labute approximate surface area is 114 Å². The summed E-state index contributed by atoms with van der Waals surface area (Å²) in [7, 11) is -2.81. The summed E-state index contributed by atoms with van der Waals surface area (Å²) in [6, 6.07) is 0. The van der Waals surface area contributed by atoms with E-state index in [0.29, 0.717) is 11.7 Å². The normalized spacial score (nSPS) is 15.9. The molecule has 1 unspecified atom stereocenters. The van der Waals surface area contributed by atoms with Gasteiger partial charge >= 0.3 is 0 Å². The molecule has 0 fully saturated rings. The van der Waals surface area contributed by atoms with Crippen molar-refractivity contribution in [2.75, 3.05) is 24.6 Å². The Hall–Kier alpha value is -0.0900. The molecule has 0 bridgehead atoms. The third-order valence-electron chi connectivity index (χ3n) is 3.99. The molecule has 4 heteroatoms. The van der Waals surface area contributed by atoms with Crippen LogP contribution >= 0.6 is 0 Å². The maximum absolute atomic E-state index is 11.5. The molecule has 0 aliphatic rings. The third-order valence-corrected chi connectivity index (χ3v) is 5.78. The number of sulfone groups is 1. The fraction of sp³-hybridized carbons (Fsp3) is 1.00. The topological polar surface area (TPSA) is 46.2 Å². The van der Waals surface area contributed by atoms with Crippen LogP contribution < -0.4 is 5.32 Å². The number of hydrogen-bond acceptors (Lipinski definition) is 3. The average molecular weight is 277 g/mol. The fourth-order valence-electron chi connectivity index (χ4n) is 1.97. The molecule has 18 heavy (non-hydrogen) atoms. The van der Waals surface area contributed by atoms with E-state index in [4.69, 9.17) is 0 Å². The van der Waals surface area contributed by atoms with Crippen LogP contribution in [-0.4, -0.2) is 33.0 Å². The van der Waals surface area contributed by atoms with E-state index in [1.54, 1.807) is 6.92 Å². The van der Waals surface area contributed by atoms with E-state index in [1.807, 2.05) is 0 Å². The molecular formula is C14H31NO2S. The Balaban J connectivity index is 4.27. The maximum Gasteiger partial charge on any atom is 0.150 e. The minimum absolute atomic E-state index is 0.193. The van der Waals surface area contributed by atoms with Gasteiger partial charge in [-0.25, -0.2) is 8.42 Å². The third kappa shape index (κ3) is 6.74. The molecule has 0 aromatic carbocycles. The van der Waals surface area contributed by atoms with E-state index in [9.17, 15) is 8.42 Å². The Kier molecular flexibility index (Phi) is 8.11. The Morgan fingerprint density at radius 2 is 1.83 bits per heavy atom. The van der Waals surface area contributed by atoms with Crippen LogP contribution in [0.4, 0.5) is 0 Å². The van der Waals surface area contributed by atoms with Gasteiger partial charge in [0.2, 0.25) is 0 Å². The Bertz CT molecular complexity index is 312. The van der Waals surface area contributed by atoms with Gasteiger partial charge in [-0.1, -0.05) is 34.6 Å². The van der Waals surface area contributed by atoms with Crippen molar-refractivity contribution in [3.05, 3.63) is 0 Å². The fourth-order valence-corrected chi connectivity index (χ4v) is 2.85. The van der Waals surface area contributed by atoms with E-state index >= 15 is 0 Å². The van der Waals surface area contributed by atoms with Gasteiger partial charge in [0.1, 0.15) is 9.84 Å². The summed E-state index contributed by atoms with van der Waals surface area (Å²) in [5.74, 6) is 1.16. The van der Waals surface area contributed by atoms with Crippen molar-refractivity contribution >= 4 is 9.84 Å². The zero-order valence-corrected chi connectivity index (χ0v) is 13.6. The molecule has 0 amide bonds. The van der Waals surface area contributed by atoms with Gasteiger partial charge < -0.3 is 5.32 Å². The highest BCUT2D eigenvalue weighted by Gasteiger charge is 2.27. The lowest BCUT2D eigenvalue weighted by Crippen LogP contribution is -2.36. The van der Waals surface area contributed by atoms with Gasteiger partial charge in [0.15, 0.2) is 0 Å². The lowest BCUT2D eigenvalue weighted by molar-refractivity contribution is 0.190. The van der Waals surface area contributed by atoms with Gasteiger partial charge in [0.25, 0.3) is 0 Å². The average Bonchev–Trinajstić information content (AvgIpc) is 2.29. The predicted octanol–water partition coefficient (Wildman–Crippen LogP) is 2.86. The molecule has 0 radical (unpaired) electrons. The van der Waals surface area contributed by atoms with E-state index in [1.165, 1.54) is 0 Å². The molecule has 1 N–H and O–H groups in total. The van der Waals surface area contributed by atoms with Crippen molar-refractivity contribution in [2.45, 2.75) is 53.9 Å². The second-order valence-electron chi connectivity index (χ2n) is 5.83. The second kappa shape index (κ2) is 8.16. The lowest BCUT2D eigenvalue weighted by Gasteiger charge is -2.34. The summed E-state index contributed by atoms with van der Waals surface area (Å²) in [5.41, 5.74) is 0.193. The summed E-state index contributed by atoms with van der Waals surface area (Å²) in [6.45, 7) is 12.6. The molecule has 0 aliphatic heterocycles. The lowest BCUT2D eigenvalue weighted by atomic mass is 9.75. The van der Waals surface area contributed by atoms with Gasteiger partial charge in [0.05, 0.1) is 5.75 Å². The summed E-state index contributed by atoms with van der Waals surface area (Å²) >= 11 is 0. The monoisotopic (exact) mass is 277 g/mol. The van der Waals surface area contributed by atoms with Crippen LogP contribution in [0.15, 0.2) is 0 Å². The van der Waals surface area contributed by atoms with E-state index < -0.39 is 9.84 Å². The van der Waals surface area contributed by atoms with Crippen molar-refractivity contribution in [1.29, 1.82) is 0 Å². The highest BCUT2D eigenvalue weighted by Crippen LogP contribution is 2.31. The zero-order valence-electron chi connectivity index (χ0n) is 12.8. The van der Waals surface area contributed by atoms with Crippen LogP contribution in [0, 0.1) is 11.3 Å². The molecule has 3 nitrogen and oxygen atoms in total. The molecule has 1 atom stereocenters. The van der Waals surface area contributed by atoms with Gasteiger partial charge in [-0.3, -0.25) is 0 Å². The number of hydrogen-bond donors (Lipinski definition) is 1. The first kappa shape index (κ1) is 17.9. The molecule has 0 aliphatic carbocycles. The van der Waals surface area contributed by atoms with Crippen molar-refractivity contribution < 1.29 is 8.42 Å². The summed E-state index contributed by atoms with van der Waals surface area (Å²) in [6.07, 6.45) is 2.89. The molecule has 0 aromatic heterocycles. The van der Waals surface area contributed by atoms with E-state index in [2.05, 4.69) is 33.0 Å². The number of rotatable bonds is 10. The van der Waals surface area contributed by atoms with Gasteiger partial charge in [0, 0.05) is 12.3 Å². The first-order valence-corrected chi connectivity index (χ1v) is 9.00. The summed E-state index contributed by atoms with van der Waals surface area (Å²) in [5, 5.41) is 3.47. The van der Waals surface area contributed by atoms with Crippen molar-refractivity contribution in [1.82, 2.24) is 5.32 Å². The van der Waals surface area contributed by atoms with Crippen LogP contribution in [0.25, 0.3) is 0 Å². The summed E-state index contributed by atoms with van der Waals surface area (Å²) < 4.78 is 23.0. The van der Waals surface area contributed by atoms with E-state index in [-0.39, 0.29) is 11.2 Å². The van der Waals surface area contributed by atoms with Crippen LogP contribution in [-0.2, 0) is 9.84 Å². The minimum atomic E-state index is -2.81. The van der Waals surface area contributed by atoms with Crippen molar-refractivity contribution in [3.8, 4) is 0 Å². The highest BCUT2D eigenvalue weighted by atomic mass is 32.2. The quantitative estimate of drug-likeness (QED) is 0.625. The zero-order chi connectivity index (χ0) is 14.2. The molecule has 110 valence electrons. The van der Waals surface area contributed by atoms with Gasteiger partial charge in [-0.15, -0.1) is 0 Å². The van der Waals surface area contributed by atoms with Gasteiger partial charge in [-0.2, -0.15) is 0 Å². The molecule has 0 rings (SSSR count). The first-order chi connectivity index (χ1) is 8.27.